The first kappa shape index (κ1) is 22.7. The van der Waals surface area contributed by atoms with Crippen molar-refractivity contribution in [3.8, 4) is 17.4 Å². The van der Waals surface area contributed by atoms with Crippen molar-refractivity contribution in [2.24, 2.45) is 0 Å². The number of pyridine rings is 3. The molecule has 0 fully saturated rings. The minimum atomic E-state index is -0.386. The van der Waals surface area contributed by atoms with Crippen LogP contribution in [0.4, 0.5) is 16.0 Å². The quantitative estimate of drug-likeness (QED) is 0.455. The van der Waals surface area contributed by atoms with Gasteiger partial charge in [-0.1, -0.05) is 0 Å². The molecule has 35 heavy (non-hydrogen) atoms. The molecule has 0 bridgehead atoms. The van der Waals surface area contributed by atoms with Gasteiger partial charge >= 0.3 is 0 Å². The lowest BCUT2D eigenvalue weighted by atomic mass is 10.1. The van der Waals surface area contributed by atoms with E-state index < -0.39 is 0 Å². The molecule has 0 saturated heterocycles. The second kappa shape index (κ2) is 9.30. The lowest BCUT2D eigenvalue weighted by molar-refractivity contribution is 0.144. The molecule has 4 aromatic rings. The van der Waals surface area contributed by atoms with E-state index in [1.165, 1.54) is 12.3 Å². The Morgan fingerprint density at radius 2 is 1.89 bits per heavy atom. The third kappa shape index (κ3) is 4.65. The van der Waals surface area contributed by atoms with Crippen molar-refractivity contribution in [3.63, 3.8) is 0 Å². The van der Waals surface area contributed by atoms with Crippen LogP contribution in [0.15, 0.2) is 55.1 Å². The van der Waals surface area contributed by atoms with Gasteiger partial charge in [0.15, 0.2) is 6.10 Å². The predicted octanol–water partition coefficient (Wildman–Crippen LogP) is 4.38. The molecule has 0 spiro atoms. The van der Waals surface area contributed by atoms with Crippen molar-refractivity contribution < 1.29 is 13.9 Å². The van der Waals surface area contributed by atoms with E-state index in [4.69, 9.17) is 14.5 Å². The number of methoxy groups -OCH3 is 1. The first-order valence-electron chi connectivity index (χ1n) is 11.2. The Labute approximate surface area is 202 Å². The largest absolute Gasteiger partial charge is 0.479 e. The van der Waals surface area contributed by atoms with Crippen LogP contribution in [0.5, 0.6) is 11.8 Å². The van der Waals surface area contributed by atoms with E-state index in [9.17, 15) is 4.39 Å². The molecule has 0 amide bonds. The third-order valence-corrected chi connectivity index (χ3v) is 6.07. The topological polar surface area (TPSA) is 90.2 Å². The monoisotopic (exact) mass is 475 g/mol. The number of nitrogens with one attached hydrogen (secondary N) is 1. The first-order chi connectivity index (χ1) is 16.9. The minimum absolute atomic E-state index is 0.0770. The number of rotatable bonds is 5. The molecule has 0 aliphatic carbocycles. The number of halogens is 1. The summed E-state index contributed by atoms with van der Waals surface area (Å²) in [5.74, 6) is 1.72. The summed E-state index contributed by atoms with van der Waals surface area (Å²) in [6.45, 7) is 4.61. The molecule has 1 aliphatic heterocycles. The van der Waals surface area contributed by atoms with Crippen LogP contribution in [0.25, 0.3) is 5.69 Å². The van der Waals surface area contributed by atoms with Gasteiger partial charge in [-0.3, -0.25) is 9.88 Å². The Morgan fingerprint density at radius 3 is 2.60 bits per heavy atom. The number of hydrogen-bond acceptors (Lipinski definition) is 8. The third-order valence-electron chi connectivity index (χ3n) is 6.07. The number of anilines is 2. The van der Waals surface area contributed by atoms with E-state index in [2.05, 4.69) is 32.1 Å². The van der Waals surface area contributed by atoms with E-state index in [0.29, 0.717) is 35.6 Å². The fourth-order valence-corrected chi connectivity index (χ4v) is 4.03. The average Bonchev–Trinajstić information content (AvgIpc) is 3.24. The van der Waals surface area contributed by atoms with E-state index in [1.54, 1.807) is 19.5 Å². The molecule has 1 unspecified atom stereocenters. The van der Waals surface area contributed by atoms with Gasteiger partial charge in [-0.25, -0.2) is 9.37 Å². The van der Waals surface area contributed by atoms with Gasteiger partial charge in [0.05, 0.1) is 31.0 Å². The van der Waals surface area contributed by atoms with Crippen molar-refractivity contribution in [1.82, 2.24) is 29.4 Å². The predicted molar refractivity (Wildman–Crippen MR) is 129 cm³/mol. The Balaban J connectivity index is 1.43. The standard InChI is InChI=1S/C25H26FN7O2/c1-15-12-33(14-28-15)20-8-10-23(31-25(20)34-4)29-22-9-6-18-16(2)32(3)13-21(35-24(18)30-22)19-7-5-17(26)11-27-19/h5-12,14,16,21H,13H2,1-4H3,(H,29,30,31)/t16?,21-/m0/s1. The lowest BCUT2D eigenvalue weighted by Crippen LogP contribution is -2.27. The summed E-state index contributed by atoms with van der Waals surface area (Å²) in [6, 6.07) is 10.8. The first-order valence-corrected chi connectivity index (χ1v) is 11.2. The van der Waals surface area contributed by atoms with Crippen LogP contribution >= 0.6 is 0 Å². The zero-order chi connectivity index (χ0) is 24.5. The van der Waals surface area contributed by atoms with Crippen molar-refractivity contribution >= 4 is 11.6 Å². The van der Waals surface area contributed by atoms with Crippen LogP contribution in [0, 0.1) is 12.7 Å². The zero-order valence-electron chi connectivity index (χ0n) is 19.9. The highest BCUT2D eigenvalue weighted by atomic mass is 19.1. The molecule has 0 aromatic carbocycles. The molecule has 9 nitrogen and oxygen atoms in total. The maximum atomic E-state index is 13.4. The lowest BCUT2D eigenvalue weighted by Gasteiger charge is -2.23. The van der Waals surface area contributed by atoms with Gasteiger partial charge in [0, 0.05) is 24.3 Å². The van der Waals surface area contributed by atoms with Crippen molar-refractivity contribution in [1.29, 1.82) is 0 Å². The van der Waals surface area contributed by atoms with Gasteiger partial charge in [0.2, 0.25) is 11.8 Å². The number of aryl methyl sites for hydroxylation is 1. The molecule has 2 atom stereocenters. The molecule has 180 valence electrons. The molecular formula is C25H26FN7O2. The minimum Gasteiger partial charge on any atom is -0.479 e. The molecule has 0 saturated carbocycles. The fraction of sp³-hybridized carbons (Fsp3) is 0.280. The van der Waals surface area contributed by atoms with E-state index in [1.807, 2.05) is 49.0 Å². The van der Waals surface area contributed by atoms with Gasteiger partial charge in [-0.2, -0.15) is 9.97 Å². The van der Waals surface area contributed by atoms with Gasteiger partial charge < -0.3 is 19.4 Å². The summed E-state index contributed by atoms with van der Waals surface area (Å²) in [5, 5.41) is 3.24. The molecule has 5 rings (SSSR count). The second-order valence-corrected chi connectivity index (χ2v) is 8.49. The SMILES string of the molecule is COc1nc(Nc2ccc3c(n2)O[C@H](c2ccc(F)cn2)CN(C)C3C)ccc1-n1cnc(C)c1. The summed E-state index contributed by atoms with van der Waals surface area (Å²) in [4.78, 5) is 20.0. The smallest absolute Gasteiger partial charge is 0.240 e. The normalized spacial score (nSPS) is 17.9. The summed E-state index contributed by atoms with van der Waals surface area (Å²) in [6.07, 6.45) is 4.44. The number of hydrogen-bond donors (Lipinski definition) is 1. The van der Waals surface area contributed by atoms with Crippen LogP contribution < -0.4 is 14.8 Å². The summed E-state index contributed by atoms with van der Waals surface area (Å²) >= 11 is 0. The summed E-state index contributed by atoms with van der Waals surface area (Å²) in [7, 11) is 3.60. The van der Waals surface area contributed by atoms with E-state index in [-0.39, 0.29) is 18.0 Å². The second-order valence-electron chi connectivity index (χ2n) is 8.49. The van der Waals surface area contributed by atoms with Crippen LogP contribution in [0.2, 0.25) is 0 Å². The Morgan fingerprint density at radius 1 is 1.09 bits per heavy atom. The number of likely N-dealkylation sites (N-methyl/N-ethyl adjacent to an activating group) is 1. The van der Waals surface area contributed by atoms with Gasteiger partial charge in [-0.15, -0.1) is 0 Å². The number of imidazole rings is 1. The number of fused-ring (bicyclic) bond motifs is 1. The molecule has 5 heterocycles. The Bertz CT molecular complexity index is 1340. The van der Waals surface area contributed by atoms with Crippen molar-refractivity contribution in [2.75, 3.05) is 26.0 Å². The Kier molecular flexibility index (Phi) is 6.04. The maximum absolute atomic E-state index is 13.4. The molecule has 1 N–H and O–H groups in total. The zero-order valence-corrected chi connectivity index (χ0v) is 19.9. The van der Waals surface area contributed by atoms with Gasteiger partial charge in [-0.05, 0) is 57.3 Å². The van der Waals surface area contributed by atoms with Crippen LogP contribution in [-0.4, -0.2) is 50.1 Å². The molecular weight excluding hydrogens is 449 g/mol. The molecule has 4 aromatic heterocycles. The number of ether oxygens (including phenoxy) is 2. The van der Waals surface area contributed by atoms with Gasteiger partial charge in [0.25, 0.3) is 0 Å². The average molecular weight is 476 g/mol. The van der Waals surface area contributed by atoms with Crippen LogP contribution in [-0.2, 0) is 0 Å². The van der Waals surface area contributed by atoms with Crippen LogP contribution in [0.3, 0.4) is 0 Å². The van der Waals surface area contributed by atoms with E-state index >= 15 is 0 Å². The van der Waals surface area contributed by atoms with Crippen molar-refractivity contribution in [2.45, 2.75) is 26.0 Å². The van der Waals surface area contributed by atoms with Crippen LogP contribution in [0.1, 0.15) is 36.0 Å². The molecule has 1 aliphatic rings. The highest BCUT2D eigenvalue weighted by molar-refractivity contribution is 5.57. The summed E-state index contributed by atoms with van der Waals surface area (Å²) < 4.78 is 27.1. The van der Waals surface area contributed by atoms with Gasteiger partial charge in [0.1, 0.15) is 23.1 Å². The van der Waals surface area contributed by atoms with E-state index in [0.717, 1.165) is 16.9 Å². The highest BCUT2D eigenvalue weighted by Gasteiger charge is 2.29. The van der Waals surface area contributed by atoms with Crippen molar-refractivity contribution in [3.05, 3.63) is 77.9 Å². The Hall–Kier alpha value is -4.05. The fourth-order valence-electron chi connectivity index (χ4n) is 4.03. The number of nitrogens with zero attached hydrogens (tertiary/aromatic N) is 6. The summed E-state index contributed by atoms with van der Waals surface area (Å²) in [5.41, 5.74) is 3.29. The molecule has 10 heteroatoms. The molecule has 0 radical (unpaired) electrons. The highest BCUT2D eigenvalue weighted by Crippen LogP contribution is 2.36. The number of aromatic nitrogens is 5. The maximum Gasteiger partial charge on any atom is 0.240 e.